The summed E-state index contributed by atoms with van der Waals surface area (Å²) in [6.07, 6.45) is 2.76. The summed E-state index contributed by atoms with van der Waals surface area (Å²) in [5.74, 6) is 1.70. The molecule has 20 heavy (non-hydrogen) atoms. The van der Waals surface area contributed by atoms with Crippen LogP contribution in [0.3, 0.4) is 0 Å². The average Bonchev–Trinajstić information content (AvgIpc) is 2.72. The van der Waals surface area contributed by atoms with Crippen LogP contribution in [0.2, 0.25) is 0 Å². The number of nitrogens with one attached hydrogen (secondary N) is 1. The number of aromatic nitrogens is 1. The van der Waals surface area contributed by atoms with Crippen molar-refractivity contribution in [3.63, 3.8) is 0 Å². The second kappa shape index (κ2) is 5.82. The summed E-state index contributed by atoms with van der Waals surface area (Å²) in [4.78, 5) is 4.28. The largest absolute Gasteiger partial charge is 0.490 e. The Kier molecular flexibility index (Phi) is 3.72. The Hall–Kier alpha value is -2.23. The molecule has 1 aliphatic rings. The summed E-state index contributed by atoms with van der Waals surface area (Å²) in [5, 5.41) is 3.36. The van der Waals surface area contributed by atoms with Crippen LogP contribution in [-0.2, 0) is 6.54 Å². The van der Waals surface area contributed by atoms with Crippen LogP contribution in [0.5, 0.6) is 11.5 Å². The van der Waals surface area contributed by atoms with Crippen molar-refractivity contribution in [1.29, 1.82) is 0 Å². The fourth-order valence-corrected chi connectivity index (χ4v) is 2.16. The van der Waals surface area contributed by atoms with Crippen LogP contribution in [0, 0.1) is 6.92 Å². The quantitative estimate of drug-likeness (QED) is 0.930. The summed E-state index contributed by atoms with van der Waals surface area (Å²) < 4.78 is 11.5. The van der Waals surface area contributed by atoms with Crippen molar-refractivity contribution < 1.29 is 9.47 Å². The molecule has 1 aromatic carbocycles. The van der Waals surface area contributed by atoms with Crippen molar-refractivity contribution in [2.24, 2.45) is 0 Å². The van der Waals surface area contributed by atoms with E-state index < -0.39 is 0 Å². The van der Waals surface area contributed by atoms with E-state index in [1.54, 1.807) is 0 Å². The molecule has 0 saturated carbocycles. The molecular formula is C16H18N2O2. The van der Waals surface area contributed by atoms with E-state index in [9.17, 15) is 0 Å². The number of aryl methyl sites for hydroxylation is 1. The fraction of sp³-hybridized carbons (Fsp3) is 0.312. The second-order valence-corrected chi connectivity index (χ2v) is 4.84. The summed E-state index contributed by atoms with van der Waals surface area (Å²) in [6.45, 7) is 4.09. The molecule has 0 aliphatic carbocycles. The lowest BCUT2D eigenvalue weighted by molar-refractivity contribution is 0.296. The number of hydrogen-bond donors (Lipinski definition) is 1. The fourth-order valence-electron chi connectivity index (χ4n) is 2.16. The van der Waals surface area contributed by atoms with Crippen molar-refractivity contribution in [3.05, 3.63) is 47.8 Å². The van der Waals surface area contributed by atoms with Gasteiger partial charge in [0.05, 0.1) is 25.1 Å². The third-order valence-corrected chi connectivity index (χ3v) is 3.25. The number of benzene rings is 1. The van der Waals surface area contributed by atoms with Gasteiger partial charge < -0.3 is 14.8 Å². The van der Waals surface area contributed by atoms with Crippen LogP contribution in [0.4, 0.5) is 5.69 Å². The van der Waals surface area contributed by atoms with Gasteiger partial charge in [-0.25, -0.2) is 0 Å². The summed E-state index contributed by atoms with van der Waals surface area (Å²) in [5.41, 5.74) is 3.12. The van der Waals surface area contributed by atoms with Crippen LogP contribution in [0.25, 0.3) is 0 Å². The molecule has 1 N–H and O–H groups in total. The van der Waals surface area contributed by atoms with Crippen LogP contribution < -0.4 is 14.8 Å². The maximum atomic E-state index is 5.81. The number of rotatable bonds is 3. The first-order valence-electron chi connectivity index (χ1n) is 6.87. The number of hydrogen-bond acceptors (Lipinski definition) is 4. The third kappa shape index (κ3) is 2.85. The SMILES string of the molecule is Cc1ccc(NCc2cccc3c2OCCCO3)cn1. The van der Waals surface area contributed by atoms with Gasteiger partial charge in [-0.2, -0.15) is 0 Å². The van der Waals surface area contributed by atoms with E-state index in [4.69, 9.17) is 9.47 Å². The Morgan fingerprint density at radius 3 is 2.90 bits per heavy atom. The van der Waals surface area contributed by atoms with E-state index in [2.05, 4.69) is 16.4 Å². The highest BCUT2D eigenvalue weighted by Crippen LogP contribution is 2.33. The monoisotopic (exact) mass is 270 g/mol. The van der Waals surface area contributed by atoms with Crippen molar-refractivity contribution in [1.82, 2.24) is 4.98 Å². The number of para-hydroxylation sites is 1. The Morgan fingerprint density at radius 2 is 2.05 bits per heavy atom. The van der Waals surface area contributed by atoms with Crippen LogP contribution in [-0.4, -0.2) is 18.2 Å². The van der Waals surface area contributed by atoms with E-state index >= 15 is 0 Å². The van der Waals surface area contributed by atoms with Gasteiger partial charge in [0, 0.05) is 24.2 Å². The van der Waals surface area contributed by atoms with Gasteiger partial charge in [-0.1, -0.05) is 12.1 Å². The molecule has 1 aliphatic heterocycles. The zero-order valence-electron chi connectivity index (χ0n) is 11.6. The molecule has 0 amide bonds. The lowest BCUT2D eigenvalue weighted by atomic mass is 10.2. The summed E-state index contributed by atoms with van der Waals surface area (Å²) in [6, 6.07) is 10.0. The zero-order valence-corrected chi connectivity index (χ0v) is 11.6. The number of pyridine rings is 1. The van der Waals surface area contributed by atoms with E-state index in [0.717, 1.165) is 34.9 Å². The van der Waals surface area contributed by atoms with E-state index in [1.807, 2.05) is 37.4 Å². The Balaban J connectivity index is 1.75. The highest BCUT2D eigenvalue weighted by molar-refractivity contribution is 5.49. The highest BCUT2D eigenvalue weighted by Gasteiger charge is 2.14. The number of nitrogens with zero attached hydrogens (tertiary/aromatic N) is 1. The van der Waals surface area contributed by atoms with Crippen molar-refractivity contribution >= 4 is 5.69 Å². The first-order valence-corrected chi connectivity index (χ1v) is 6.87. The van der Waals surface area contributed by atoms with Gasteiger partial charge >= 0.3 is 0 Å². The van der Waals surface area contributed by atoms with E-state index in [1.165, 1.54) is 0 Å². The van der Waals surface area contributed by atoms with E-state index in [-0.39, 0.29) is 0 Å². The highest BCUT2D eigenvalue weighted by atomic mass is 16.5. The molecule has 3 rings (SSSR count). The third-order valence-electron chi connectivity index (χ3n) is 3.25. The van der Waals surface area contributed by atoms with Gasteiger partial charge in [-0.3, -0.25) is 4.98 Å². The standard InChI is InChI=1S/C16H18N2O2/c1-12-6-7-14(11-17-12)18-10-13-4-2-5-15-16(13)20-9-3-8-19-15/h2,4-7,11,18H,3,8-10H2,1H3. The van der Waals surface area contributed by atoms with Gasteiger partial charge in [0.15, 0.2) is 11.5 Å². The molecular weight excluding hydrogens is 252 g/mol. The normalized spacial score (nSPS) is 13.7. The predicted molar refractivity (Wildman–Crippen MR) is 78.3 cm³/mol. The second-order valence-electron chi connectivity index (χ2n) is 4.84. The number of ether oxygens (including phenoxy) is 2. The van der Waals surface area contributed by atoms with Crippen molar-refractivity contribution in [3.8, 4) is 11.5 Å². The van der Waals surface area contributed by atoms with Crippen LogP contribution in [0.1, 0.15) is 17.7 Å². The van der Waals surface area contributed by atoms with Crippen LogP contribution >= 0.6 is 0 Å². The van der Waals surface area contributed by atoms with Crippen molar-refractivity contribution in [2.45, 2.75) is 19.9 Å². The summed E-state index contributed by atoms with van der Waals surface area (Å²) in [7, 11) is 0. The van der Waals surface area contributed by atoms with Crippen LogP contribution in [0.15, 0.2) is 36.5 Å². The van der Waals surface area contributed by atoms with Gasteiger partial charge in [0.1, 0.15) is 0 Å². The lowest BCUT2D eigenvalue weighted by Crippen LogP contribution is -2.04. The Morgan fingerprint density at radius 1 is 1.15 bits per heavy atom. The molecule has 0 fully saturated rings. The first-order chi connectivity index (χ1) is 9.83. The molecule has 0 saturated heterocycles. The van der Waals surface area contributed by atoms with Gasteiger partial charge in [-0.05, 0) is 25.1 Å². The number of fused-ring (bicyclic) bond motifs is 1. The minimum absolute atomic E-state index is 0.692. The van der Waals surface area contributed by atoms with E-state index in [0.29, 0.717) is 19.8 Å². The first kappa shape index (κ1) is 12.8. The Bertz CT molecular complexity index is 582. The molecule has 0 radical (unpaired) electrons. The van der Waals surface area contributed by atoms with Gasteiger partial charge in [-0.15, -0.1) is 0 Å². The molecule has 4 nitrogen and oxygen atoms in total. The maximum absolute atomic E-state index is 5.81. The number of anilines is 1. The van der Waals surface area contributed by atoms with Crippen molar-refractivity contribution in [2.75, 3.05) is 18.5 Å². The lowest BCUT2D eigenvalue weighted by Gasteiger charge is -2.13. The Labute approximate surface area is 118 Å². The van der Waals surface area contributed by atoms with Gasteiger partial charge in [0.2, 0.25) is 0 Å². The molecule has 104 valence electrons. The molecule has 2 aromatic rings. The molecule has 0 spiro atoms. The average molecular weight is 270 g/mol. The van der Waals surface area contributed by atoms with Gasteiger partial charge in [0.25, 0.3) is 0 Å². The predicted octanol–water partition coefficient (Wildman–Crippen LogP) is 3.16. The topological polar surface area (TPSA) is 43.4 Å². The minimum Gasteiger partial charge on any atom is -0.490 e. The minimum atomic E-state index is 0.692. The molecule has 0 unspecified atom stereocenters. The molecule has 0 atom stereocenters. The molecule has 0 bridgehead atoms. The zero-order chi connectivity index (χ0) is 13.8. The smallest absolute Gasteiger partial charge is 0.166 e. The molecule has 2 heterocycles. The molecule has 1 aromatic heterocycles. The maximum Gasteiger partial charge on any atom is 0.166 e. The summed E-state index contributed by atoms with van der Waals surface area (Å²) >= 11 is 0. The molecule has 4 heteroatoms.